The molecule has 2 aromatic rings. The zero-order chi connectivity index (χ0) is 21.9. The number of ether oxygens (including phenoxy) is 1. The quantitative estimate of drug-likeness (QED) is 0.490. The normalized spacial score (nSPS) is 15.7. The number of sulfonamides is 1. The van der Waals surface area contributed by atoms with Crippen molar-refractivity contribution >= 4 is 33.4 Å². The molecule has 0 aliphatic carbocycles. The minimum absolute atomic E-state index is 0.0201. The predicted molar refractivity (Wildman–Crippen MR) is 105 cm³/mol. The molecule has 0 N–H and O–H groups in total. The van der Waals surface area contributed by atoms with E-state index >= 15 is 0 Å². The fourth-order valence-electron chi connectivity index (χ4n) is 3.09. The number of esters is 1. The summed E-state index contributed by atoms with van der Waals surface area (Å²) in [5.41, 5.74) is 0.361. The van der Waals surface area contributed by atoms with Gasteiger partial charge in [-0.25, -0.2) is 17.2 Å². The fourth-order valence-corrected chi connectivity index (χ4v) is 4.70. The van der Waals surface area contributed by atoms with Crippen molar-refractivity contribution < 1.29 is 31.5 Å². The largest absolute Gasteiger partial charge is 0.457 e. The van der Waals surface area contributed by atoms with Crippen molar-refractivity contribution in [3.63, 3.8) is 0 Å². The Balaban J connectivity index is 1.54. The van der Waals surface area contributed by atoms with E-state index in [1.54, 1.807) is 12.1 Å². The van der Waals surface area contributed by atoms with Crippen LogP contribution in [0.2, 0.25) is 5.02 Å². The van der Waals surface area contributed by atoms with Crippen LogP contribution in [-0.4, -0.2) is 44.2 Å². The van der Waals surface area contributed by atoms with Crippen molar-refractivity contribution in [1.82, 2.24) is 4.31 Å². The maximum atomic E-state index is 13.4. The van der Waals surface area contributed by atoms with Gasteiger partial charge in [-0.1, -0.05) is 11.6 Å². The first-order chi connectivity index (χ1) is 14.2. The minimum atomic E-state index is -4.01. The Kier molecular flexibility index (Phi) is 6.84. The number of nitrogens with zero attached hydrogens (tertiary/aromatic N) is 1. The number of hydrogen-bond acceptors (Lipinski definition) is 5. The predicted octanol–water partition coefficient (Wildman–Crippen LogP) is 3.45. The van der Waals surface area contributed by atoms with Crippen molar-refractivity contribution in [3.8, 4) is 0 Å². The van der Waals surface area contributed by atoms with Crippen molar-refractivity contribution in [1.29, 1.82) is 0 Å². The molecule has 10 heteroatoms. The van der Waals surface area contributed by atoms with E-state index in [1.807, 2.05) is 0 Å². The lowest BCUT2D eigenvalue weighted by molar-refractivity contribution is -0.148. The van der Waals surface area contributed by atoms with Crippen LogP contribution in [-0.2, 0) is 19.6 Å². The van der Waals surface area contributed by atoms with Gasteiger partial charge >= 0.3 is 5.97 Å². The zero-order valence-corrected chi connectivity index (χ0v) is 17.3. The third-order valence-electron chi connectivity index (χ3n) is 4.83. The summed E-state index contributed by atoms with van der Waals surface area (Å²) in [5, 5.41) is 0.480. The highest BCUT2D eigenvalue weighted by Crippen LogP contribution is 2.25. The van der Waals surface area contributed by atoms with E-state index in [4.69, 9.17) is 16.3 Å². The second-order valence-corrected chi connectivity index (χ2v) is 9.17. The number of piperidine rings is 1. The van der Waals surface area contributed by atoms with Gasteiger partial charge in [0.2, 0.25) is 10.0 Å². The molecule has 3 rings (SSSR count). The van der Waals surface area contributed by atoms with Gasteiger partial charge in [-0.15, -0.1) is 0 Å². The molecule has 2 aromatic carbocycles. The SMILES string of the molecule is O=C(COC(=O)C1CCN(S(=O)(=O)c2ccc(F)c(F)c2)CC1)c1ccc(Cl)cc1. The highest BCUT2D eigenvalue weighted by Gasteiger charge is 2.33. The van der Waals surface area contributed by atoms with Crippen LogP contribution in [0.1, 0.15) is 23.2 Å². The van der Waals surface area contributed by atoms with Crippen molar-refractivity contribution in [3.05, 3.63) is 64.7 Å². The van der Waals surface area contributed by atoms with Crippen LogP contribution in [0.15, 0.2) is 47.4 Å². The highest BCUT2D eigenvalue weighted by molar-refractivity contribution is 7.89. The maximum Gasteiger partial charge on any atom is 0.309 e. The summed E-state index contributed by atoms with van der Waals surface area (Å²) >= 11 is 5.76. The number of halogens is 3. The first kappa shape index (κ1) is 22.3. The number of carbonyl (C=O) groups excluding carboxylic acids is 2. The van der Waals surface area contributed by atoms with Gasteiger partial charge in [0.15, 0.2) is 24.0 Å². The number of hydrogen-bond donors (Lipinski definition) is 0. The lowest BCUT2D eigenvalue weighted by Crippen LogP contribution is -2.40. The zero-order valence-electron chi connectivity index (χ0n) is 15.7. The Labute approximate surface area is 177 Å². The molecule has 0 bridgehead atoms. The van der Waals surface area contributed by atoms with E-state index < -0.39 is 40.2 Å². The van der Waals surface area contributed by atoms with E-state index in [0.29, 0.717) is 16.7 Å². The third-order valence-corrected chi connectivity index (χ3v) is 6.97. The van der Waals surface area contributed by atoms with Crippen LogP contribution in [0.25, 0.3) is 0 Å². The van der Waals surface area contributed by atoms with Gasteiger partial charge in [-0.05, 0) is 55.3 Å². The van der Waals surface area contributed by atoms with Gasteiger partial charge in [-0.2, -0.15) is 4.31 Å². The summed E-state index contributed by atoms with van der Waals surface area (Å²) in [7, 11) is -4.01. The molecule has 0 radical (unpaired) electrons. The molecule has 1 aliphatic rings. The van der Waals surface area contributed by atoms with E-state index in [0.717, 1.165) is 16.4 Å². The number of benzene rings is 2. The lowest BCUT2D eigenvalue weighted by Gasteiger charge is -2.30. The Morgan fingerprint density at radius 3 is 2.27 bits per heavy atom. The second kappa shape index (κ2) is 9.20. The summed E-state index contributed by atoms with van der Waals surface area (Å²) in [4.78, 5) is 24.0. The molecule has 30 heavy (non-hydrogen) atoms. The molecule has 6 nitrogen and oxygen atoms in total. The molecule has 0 saturated carbocycles. The summed E-state index contributed by atoms with van der Waals surface area (Å²) in [6.45, 7) is -0.383. The summed E-state index contributed by atoms with van der Waals surface area (Å²) < 4.78 is 57.8. The van der Waals surface area contributed by atoms with E-state index in [2.05, 4.69) is 0 Å². The molecule has 1 fully saturated rings. The molecule has 1 aliphatic heterocycles. The van der Waals surface area contributed by atoms with Crippen LogP contribution < -0.4 is 0 Å². The Bertz CT molecular complexity index is 1050. The van der Waals surface area contributed by atoms with Gasteiger partial charge in [-0.3, -0.25) is 9.59 Å². The van der Waals surface area contributed by atoms with Crippen molar-refractivity contribution in [2.45, 2.75) is 17.7 Å². The average Bonchev–Trinajstić information content (AvgIpc) is 2.74. The van der Waals surface area contributed by atoms with Crippen LogP contribution in [0.5, 0.6) is 0 Å². The molecule has 160 valence electrons. The maximum absolute atomic E-state index is 13.4. The van der Waals surface area contributed by atoms with Gasteiger partial charge in [0.25, 0.3) is 0 Å². The molecule has 0 unspecified atom stereocenters. The van der Waals surface area contributed by atoms with Crippen LogP contribution >= 0.6 is 11.6 Å². The summed E-state index contributed by atoms with van der Waals surface area (Å²) in [5.74, 6) is -3.90. The lowest BCUT2D eigenvalue weighted by atomic mass is 9.98. The fraction of sp³-hybridized carbons (Fsp3) is 0.300. The minimum Gasteiger partial charge on any atom is -0.457 e. The monoisotopic (exact) mass is 457 g/mol. The number of ketones is 1. The molecule has 0 aromatic heterocycles. The van der Waals surface area contributed by atoms with Gasteiger partial charge in [0.05, 0.1) is 10.8 Å². The molecule has 0 amide bonds. The van der Waals surface area contributed by atoms with Crippen molar-refractivity contribution in [2.24, 2.45) is 5.92 Å². The Hall–Kier alpha value is -2.36. The molecule has 0 spiro atoms. The summed E-state index contributed by atoms with van der Waals surface area (Å²) in [6.07, 6.45) is 0.383. The molecule has 1 heterocycles. The number of rotatable bonds is 6. The summed E-state index contributed by atoms with van der Waals surface area (Å²) in [6, 6.07) is 8.55. The molecular formula is C20H18ClF2NO5S. The number of carbonyl (C=O) groups is 2. The van der Waals surface area contributed by atoms with Crippen LogP contribution in [0.4, 0.5) is 8.78 Å². The number of Topliss-reactive ketones (excluding diaryl/α,β-unsaturated/α-hetero) is 1. The first-order valence-corrected chi connectivity index (χ1v) is 10.9. The molecule has 0 atom stereocenters. The third kappa shape index (κ3) is 5.03. The molecule has 1 saturated heterocycles. The van der Waals surface area contributed by atoms with Crippen LogP contribution in [0, 0.1) is 17.6 Å². The average molecular weight is 458 g/mol. The second-order valence-electron chi connectivity index (χ2n) is 6.79. The Morgan fingerprint density at radius 2 is 1.67 bits per heavy atom. The van der Waals surface area contributed by atoms with E-state index in [9.17, 15) is 26.8 Å². The van der Waals surface area contributed by atoms with Gasteiger partial charge in [0.1, 0.15) is 0 Å². The van der Waals surface area contributed by atoms with Gasteiger partial charge in [0, 0.05) is 23.7 Å². The van der Waals surface area contributed by atoms with Crippen LogP contribution in [0.3, 0.4) is 0 Å². The highest BCUT2D eigenvalue weighted by atomic mass is 35.5. The first-order valence-electron chi connectivity index (χ1n) is 9.09. The van der Waals surface area contributed by atoms with Crippen molar-refractivity contribution in [2.75, 3.05) is 19.7 Å². The smallest absolute Gasteiger partial charge is 0.309 e. The Morgan fingerprint density at radius 1 is 1.03 bits per heavy atom. The topological polar surface area (TPSA) is 80.8 Å². The van der Waals surface area contributed by atoms with Gasteiger partial charge < -0.3 is 4.74 Å². The van der Waals surface area contributed by atoms with E-state index in [1.165, 1.54) is 12.1 Å². The standard InChI is InChI=1S/C20H18ClF2NO5S/c21-15-3-1-13(2-4-15)19(25)12-29-20(26)14-7-9-24(10-8-14)30(27,28)16-5-6-17(22)18(23)11-16/h1-6,11,14H,7-10,12H2. The van der Waals surface area contributed by atoms with E-state index in [-0.39, 0.29) is 36.6 Å². The molecular weight excluding hydrogens is 440 g/mol.